The van der Waals surface area contributed by atoms with Gasteiger partial charge < -0.3 is 19.9 Å². The number of aromatic nitrogens is 1. The third kappa shape index (κ3) is 5.27. The van der Waals surface area contributed by atoms with Gasteiger partial charge in [-0.1, -0.05) is 12.1 Å². The molecule has 1 saturated heterocycles. The van der Waals surface area contributed by atoms with Crippen molar-refractivity contribution in [3.05, 3.63) is 53.2 Å². The number of rotatable bonds is 6. The van der Waals surface area contributed by atoms with Crippen molar-refractivity contribution in [2.45, 2.75) is 25.9 Å². The van der Waals surface area contributed by atoms with Crippen LogP contribution in [0.4, 0.5) is 8.78 Å². The van der Waals surface area contributed by atoms with E-state index in [1.54, 1.807) is 12.1 Å². The van der Waals surface area contributed by atoms with E-state index in [0.29, 0.717) is 12.0 Å². The van der Waals surface area contributed by atoms with Gasteiger partial charge in [-0.15, -0.1) is 0 Å². The fourth-order valence-electron chi connectivity index (χ4n) is 3.26. The highest BCUT2D eigenvalue weighted by Crippen LogP contribution is 2.28. The summed E-state index contributed by atoms with van der Waals surface area (Å²) < 4.78 is 33.4. The zero-order chi connectivity index (χ0) is 21.0. The van der Waals surface area contributed by atoms with Crippen molar-refractivity contribution < 1.29 is 18.3 Å². The summed E-state index contributed by atoms with van der Waals surface area (Å²) in [5, 5.41) is 2.87. The van der Waals surface area contributed by atoms with E-state index in [2.05, 4.69) is 20.1 Å². The van der Waals surface area contributed by atoms with Crippen molar-refractivity contribution in [1.82, 2.24) is 20.1 Å². The minimum Gasteiger partial charge on any atom is -0.435 e. The lowest BCUT2D eigenvalue weighted by Crippen LogP contribution is -2.51. The third-order valence-electron chi connectivity index (χ3n) is 5.17. The number of nitrogens with one attached hydrogen (secondary N) is 1. The predicted octanol–water partition coefficient (Wildman–Crippen LogP) is 2.71. The van der Waals surface area contributed by atoms with Crippen LogP contribution in [0.1, 0.15) is 17.5 Å². The van der Waals surface area contributed by atoms with E-state index in [0.717, 1.165) is 19.6 Å². The summed E-state index contributed by atoms with van der Waals surface area (Å²) in [7, 11) is 4.07. The van der Waals surface area contributed by atoms with Crippen LogP contribution in [-0.2, 0) is 11.3 Å². The van der Waals surface area contributed by atoms with Crippen LogP contribution in [0.5, 0.6) is 11.6 Å². The molecule has 156 valence electrons. The maximum atomic E-state index is 14.1. The van der Waals surface area contributed by atoms with Crippen molar-refractivity contribution in [3.8, 4) is 11.6 Å². The Balaban J connectivity index is 1.64. The van der Waals surface area contributed by atoms with Crippen LogP contribution in [0, 0.1) is 18.6 Å². The second-order valence-corrected chi connectivity index (χ2v) is 7.46. The molecule has 3 rings (SSSR count). The number of piperazine rings is 1. The van der Waals surface area contributed by atoms with E-state index in [-0.39, 0.29) is 35.7 Å². The smallest absolute Gasteiger partial charge is 0.224 e. The molecule has 1 aromatic carbocycles. The fraction of sp³-hybridized carbons (Fsp3) is 0.429. The molecule has 8 heteroatoms. The number of aryl methyl sites for hydroxylation is 1. The van der Waals surface area contributed by atoms with E-state index in [9.17, 15) is 13.6 Å². The van der Waals surface area contributed by atoms with Crippen LogP contribution in [-0.4, -0.2) is 60.5 Å². The summed E-state index contributed by atoms with van der Waals surface area (Å²) in [5.74, 6) is -2.21. The van der Waals surface area contributed by atoms with Gasteiger partial charge in [0.25, 0.3) is 0 Å². The molecular formula is C21H26F2N4O2. The zero-order valence-electron chi connectivity index (χ0n) is 16.9. The number of hydrogen-bond donors (Lipinski definition) is 1. The SMILES string of the molecule is Cc1ccc(Oc2ncccc2CNC(=O)C[C@@H]2CN(C)CCN2C)c(F)c1F. The van der Waals surface area contributed by atoms with E-state index in [4.69, 9.17) is 4.74 Å². The number of amides is 1. The number of likely N-dealkylation sites (N-methyl/N-ethyl adjacent to an activating group) is 2. The van der Waals surface area contributed by atoms with Gasteiger partial charge in [-0.25, -0.2) is 9.37 Å². The summed E-state index contributed by atoms with van der Waals surface area (Å²) in [5.41, 5.74) is 0.775. The van der Waals surface area contributed by atoms with Crippen molar-refractivity contribution in [1.29, 1.82) is 0 Å². The second-order valence-electron chi connectivity index (χ2n) is 7.46. The molecule has 0 bridgehead atoms. The average Bonchev–Trinajstić information content (AvgIpc) is 2.70. The first-order chi connectivity index (χ1) is 13.8. The average molecular weight is 404 g/mol. The lowest BCUT2D eigenvalue weighted by Gasteiger charge is -2.37. The van der Waals surface area contributed by atoms with Crippen LogP contribution < -0.4 is 10.1 Å². The number of pyridine rings is 1. The van der Waals surface area contributed by atoms with Crippen molar-refractivity contribution >= 4 is 5.91 Å². The van der Waals surface area contributed by atoms with Crippen LogP contribution in [0.25, 0.3) is 0 Å². The van der Waals surface area contributed by atoms with E-state index in [1.165, 1.54) is 25.3 Å². The van der Waals surface area contributed by atoms with Crippen molar-refractivity contribution in [3.63, 3.8) is 0 Å². The summed E-state index contributed by atoms with van der Waals surface area (Å²) in [6.45, 7) is 4.41. The zero-order valence-corrected chi connectivity index (χ0v) is 16.9. The molecule has 0 radical (unpaired) electrons. The molecule has 29 heavy (non-hydrogen) atoms. The molecule has 0 saturated carbocycles. The van der Waals surface area contributed by atoms with Gasteiger partial charge in [0.15, 0.2) is 11.6 Å². The summed E-state index contributed by atoms with van der Waals surface area (Å²) in [4.78, 5) is 20.9. The van der Waals surface area contributed by atoms with Gasteiger partial charge in [0.1, 0.15) is 0 Å². The molecule has 1 N–H and O–H groups in total. The number of benzene rings is 1. The molecule has 1 fully saturated rings. The van der Waals surface area contributed by atoms with Crippen LogP contribution >= 0.6 is 0 Å². The highest BCUT2D eigenvalue weighted by Gasteiger charge is 2.24. The first-order valence-electron chi connectivity index (χ1n) is 9.57. The third-order valence-corrected chi connectivity index (χ3v) is 5.17. The Morgan fingerprint density at radius 3 is 2.83 bits per heavy atom. The molecule has 6 nitrogen and oxygen atoms in total. The van der Waals surface area contributed by atoms with Crippen molar-refractivity contribution in [2.75, 3.05) is 33.7 Å². The van der Waals surface area contributed by atoms with E-state index >= 15 is 0 Å². The van der Waals surface area contributed by atoms with Gasteiger partial charge in [-0.2, -0.15) is 4.39 Å². The summed E-state index contributed by atoms with van der Waals surface area (Å²) >= 11 is 0. The summed E-state index contributed by atoms with van der Waals surface area (Å²) in [6.07, 6.45) is 1.88. The number of halogens is 2. The first kappa shape index (κ1) is 21.1. The number of carbonyl (C=O) groups is 1. The second kappa shape index (κ2) is 9.28. The molecule has 0 aliphatic carbocycles. The van der Waals surface area contributed by atoms with Gasteiger partial charge in [0.05, 0.1) is 0 Å². The topological polar surface area (TPSA) is 57.7 Å². The lowest BCUT2D eigenvalue weighted by atomic mass is 10.1. The fourth-order valence-corrected chi connectivity index (χ4v) is 3.26. The van der Waals surface area contributed by atoms with Crippen LogP contribution in [0.3, 0.4) is 0 Å². The summed E-state index contributed by atoms with van der Waals surface area (Å²) in [6, 6.07) is 6.38. The predicted molar refractivity (Wildman–Crippen MR) is 106 cm³/mol. The maximum Gasteiger partial charge on any atom is 0.224 e. The molecule has 2 aromatic rings. The highest BCUT2D eigenvalue weighted by molar-refractivity contribution is 5.76. The van der Waals surface area contributed by atoms with Crippen LogP contribution in [0.15, 0.2) is 30.5 Å². The van der Waals surface area contributed by atoms with Crippen LogP contribution in [0.2, 0.25) is 0 Å². The Labute approximate surface area is 169 Å². The van der Waals surface area contributed by atoms with Gasteiger partial charge in [-0.05, 0) is 38.7 Å². The monoisotopic (exact) mass is 404 g/mol. The Morgan fingerprint density at radius 1 is 1.24 bits per heavy atom. The maximum absolute atomic E-state index is 14.1. The normalized spacial score (nSPS) is 17.9. The minimum atomic E-state index is -1.06. The molecule has 2 heterocycles. The van der Waals surface area contributed by atoms with E-state index < -0.39 is 11.6 Å². The molecule has 1 aliphatic heterocycles. The molecule has 0 unspecified atom stereocenters. The van der Waals surface area contributed by atoms with Gasteiger partial charge in [0, 0.05) is 50.4 Å². The number of carbonyl (C=O) groups excluding carboxylic acids is 1. The largest absolute Gasteiger partial charge is 0.435 e. The molecule has 1 amide bonds. The van der Waals surface area contributed by atoms with Gasteiger partial charge in [0.2, 0.25) is 17.6 Å². The molecule has 1 aliphatic rings. The van der Waals surface area contributed by atoms with Gasteiger partial charge in [-0.3, -0.25) is 4.79 Å². The Hall–Kier alpha value is -2.58. The molecule has 1 aromatic heterocycles. The Kier molecular flexibility index (Phi) is 6.76. The molecule has 0 spiro atoms. The quantitative estimate of drug-likeness (QED) is 0.802. The Morgan fingerprint density at radius 2 is 2.03 bits per heavy atom. The lowest BCUT2D eigenvalue weighted by molar-refractivity contribution is -0.122. The van der Waals surface area contributed by atoms with Crippen molar-refractivity contribution in [2.24, 2.45) is 0 Å². The number of hydrogen-bond acceptors (Lipinski definition) is 5. The van der Waals surface area contributed by atoms with E-state index in [1.807, 2.05) is 14.1 Å². The minimum absolute atomic E-state index is 0.0838. The first-order valence-corrected chi connectivity index (χ1v) is 9.57. The van der Waals surface area contributed by atoms with Gasteiger partial charge >= 0.3 is 0 Å². The molecular weight excluding hydrogens is 378 g/mol. The molecule has 1 atom stereocenters. The standard InChI is InChI=1S/C21H26F2N4O2/c1-14-6-7-17(20(23)19(14)22)29-21-15(5-4-8-24-21)12-25-18(28)11-16-13-26(2)9-10-27(16)3/h4-8,16H,9-13H2,1-3H3,(H,25,28)/t16-/m1/s1. The highest BCUT2D eigenvalue weighted by atomic mass is 19.2. The Bertz CT molecular complexity index is 878. The number of ether oxygens (including phenoxy) is 1. The number of nitrogens with zero attached hydrogens (tertiary/aromatic N) is 3.